The van der Waals surface area contributed by atoms with Gasteiger partial charge in [0.2, 0.25) is 0 Å². The van der Waals surface area contributed by atoms with Crippen LogP contribution in [-0.4, -0.2) is 29.1 Å². The molecule has 0 aromatic heterocycles. The van der Waals surface area contributed by atoms with Gasteiger partial charge in [-0.3, -0.25) is 4.90 Å². The molecule has 0 radical (unpaired) electrons. The molecule has 1 fully saturated rings. The van der Waals surface area contributed by atoms with Gasteiger partial charge in [-0.1, -0.05) is 39.5 Å². The van der Waals surface area contributed by atoms with Gasteiger partial charge >= 0.3 is 0 Å². The van der Waals surface area contributed by atoms with Gasteiger partial charge in [-0.25, -0.2) is 0 Å². The first kappa shape index (κ1) is 16.0. The van der Waals surface area contributed by atoms with Crippen molar-refractivity contribution in [3.8, 4) is 0 Å². The van der Waals surface area contributed by atoms with Gasteiger partial charge < -0.3 is 5.73 Å². The Morgan fingerprint density at radius 1 is 1.17 bits per heavy atom. The summed E-state index contributed by atoms with van der Waals surface area (Å²) >= 11 is 0. The average molecular weight is 254 g/mol. The number of nitrogens with zero attached hydrogens (tertiary/aromatic N) is 1. The quantitative estimate of drug-likeness (QED) is 0.665. The van der Waals surface area contributed by atoms with Crippen LogP contribution in [-0.2, 0) is 0 Å². The fraction of sp³-hybridized carbons (Fsp3) is 1.00. The second-order valence-electron chi connectivity index (χ2n) is 6.41. The summed E-state index contributed by atoms with van der Waals surface area (Å²) in [6.07, 6.45) is 10.6. The molecule has 1 aliphatic heterocycles. The fourth-order valence-electron chi connectivity index (χ4n) is 3.71. The topological polar surface area (TPSA) is 29.3 Å². The molecule has 0 saturated carbocycles. The average Bonchev–Trinajstić information content (AvgIpc) is 2.76. The molecule has 0 aliphatic carbocycles. The molecule has 1 rings (SSSR count). The molecule has 3 unspecified atom stereocenters. The number of rotatable bonds is 8. The molecule has 1 saturated heterocycles. The normalized spacial score (nSPS) is 28.5. The lowest BCUT2D eigenvalue weighted by Gasteiger charge is -2.44. The zero-order valence-electron chi connectivity index (χ0n) is 13.0. The maximum absolute atomic E-state index is 6.14. The number of unbranched alkanes of at least 4 members (excludes halogenated alkanes) is 3. The summed E-state index contributed by atoms with van der Waals surface area (Å²) in [4.78, 5) is 2.75. The predicted molar refractivity (Wildman–Crippen MR) is 80.8 cm³/mol. The predicted octanol–water partition coefficient (Wildman–Crippen LogP) is 3.94. The summed E-state index contributed by atoms with van der Waals surface area (Å²) in [6, 6.07) is 1.48. The van der Waals surface area contributed by atoms with E-state index in [0.717, 1.165) is 18.6 Å². The maximum Gasteiger partial charge on any atom is 0.0309 e. The van der Waals surface area contributed by atoms with Gasteiger partial charge in [0, 0.05) is 24.2 Å². The molecule has 0 bridgehead atoms. The van der Waals surface area contributed by atoms with Crippen LogP contribution in [0.3, 0.4) is 0 Å². The first-order valence-electron chi connectivity index (χ1n) is 8.07. The van der Waals surface area contributed by atoms with Crippen molar-refractivity contribution < 1.29 is 0 Å². The summed E-state index contributed by atoms with van der Waals surface area (Å²) in [5.74, 6) is 0. The van der Waals surface area contributed by atoms with Crippen LogP contribution in [0.5, 0.6) is 0 Å². The van der Waals surface area contributed by atoms with Crippen LogP contribution >= 0.6 is 0 Å². The zero-order chi connectivity index (χ0) is 13.6. The Hall–Kier alpha value is -0.0800. The highest BCUT2D eigenvalue weighted by molar-refractivity contribution is 4.97. The standard InChI is InChI=1S/C16H34N2/c1-5-7-8-9-12-16(4,13-17)18-14(3)10-11-15(18)6-2/h14-15H,5-13,17H2,1-4H3. The van der Waals surface area contributed by atoms with Crippen LogP contribution in [0.15, 0.2) is 0 Å². The van der Waals surface area contributed by atoms with Gasteiger partial charge in [0.25, 0.3) is 0 Å². The second-order valence-corrected chi connectivity index (χ2v) is 6.41. The number of nitrogens with two attached hydrogens (primary N) is 1. The summed E-state index contributed by atoms with van der Waals surface area (Å²) in [5.41, 5.74) is 6.37. The summed E-state index contributed by atoms with van der Waals surface area (Å²) in [5, 5.41) is 0. The molecule has 0 aromatic rings. The molecule has 108 valence electrons. The third-order valence-corrected chi connectivity index (χ3v) is 4.89. The SMILES string of the molecule is CCCCCCC(C)(CN)N1C(C)CCC1CC. The summed E-state index contributed by atoms with van der Waals surface area (Å²) in [7, 11) is 0. The van der Waals surface area contributed by atoms with E-state index in [0.29, 0.717) is 0 Å². The monoisotopic (exact) mass is 254 g/mol. The van der Waals surface area contributed by atoms with Gasteiger partial charge in [-0.15, -0.1) is 0 Å². The molecule has 0 amide bonds. The third kappa shape index (κ3) is 3.71. The lowest BCUT2D eigenvalue weighted by Crippen LogP contribution is -2.56. The minimum atomic E-state index is 0.227. The van der Waals surface area contributed by atoms with Crippen molar-refractivity contribution in [3.05, 3.63) is 0 Å². The molecular weight excluding hydrogens is 220 g/mol. The van der Waals surface area contributed by atoms with Crippen molar-refractivity contribution in [2.45, 2.75) is 96.7 Å². The van der Waals surface area contributed by atoms with Crippen LogP contribution in [0.25, 0.3) is 0 Å². The molecule has 2 nitrogen and oxygen atoms in total. The maximum atomic E-state index is 6.14. The summed E-state index contributed by atoms with van der Waals surface area (Å²) < 4.78 is 0. The number of likely N-dealkylation sites (tertiary alicyclic amines) is 1. The Morgan fingerprint density at radius 3 is 2.44 bits per heavy atom. The van der Waals surface area contributed by atoms with Crippen molar-refractivity contribution in [2.75, 3.05) is 6.54 Å². The Bertz CT molecular complexity index is 229. The fourth-order valence-corrected chi connectivity index (χ4v) is 3.71. The Kier molecular flexibility index (Phi) is 6.65. The molecule has 3 atom stereocenters. The first-order valence-corrected chi connectivity index (χ1v) is 8.07. The largest absolute Gasteiger partial charge is 0.329 e. The molecule has 1 aliphatic rings. The van der Waals surface area contributed by atoms with E-state index in [2.05, 4.69) is 32.6 Å². The van der Waals surface area contributed by atoms with Crippen molar-refractivity contribution in [1.29, 1.82) is 0 Å². The zero-order valence-corrected chi connectivity index (χ0v) is 13.0. The van der Waals surface area contributed by atoms with E-state index in [4.69, 9.17) is 5.73 Å². The van der Waals surface area contributed by atoms with E-state index < -0.39 is 0 Å². The number of hydrogen-bond acceptors (Lipinski definition) is 2. The van der Waals surface area contributed by atoms with Crippen molar-refractivity contribution >= 4 is 0 Å². The molecule has 0 aromatic carbocycles. The van der Waals surface area contributed by atoms with Gasteiger partial charge in [-0.2, -0.15) is 0 Å². The van der Waals surface area contributed by atoms with Crippen molar-refractivity contribution in [2.24, 2.45) is 5.73 Å². The van der Waals surface area contributed by atoms with Crippen LogP contribution in [0.4, 0.5) is 0 Å². The van der Waals surface area contributed by atoms with E-state index in [1.54, 1.807) is 0 Å². The Balaban J connectivity index is 2.60. The molecular formula is C16H34N2. The van der Waals surface area contributed by atoms with Crippen LogP contribution in [0, 0.1) is 0 Å². The van der Waals surface area contributed by atoms with Gasteiger partial charge in [0.15, 0.2) is 0 Å². The second kappa shape index (κ2) is 7.49. The minimum Gasteiger partial charge on any atom is -0.329 e. The van der Waals surface area contributed by atoms with Crippen molar-refractivity contribution in [1.82, 2.24) is 4.90 Å². The lowest BCUT2D eigenvalue weighted by molar-refractivity contribution is 0.0505. The lowest BCUT2D eigenvalue weighted by atomic mass is 9.90. The molecule has 2 N–H and O–H groups in total. The van der Waals surface area contributed by atoms with Crippen LogP contribution < -0.4 is 5.73 Å². The third-order valence-electron chi connectivity index (χ3n) is 4.89. The van der Waals surface area contributed by atoms with E-state index >= 15 is 0 Å². The van der Waals surface area contributed by atoms with Crippen LogP contribution in [0.1, 0.15) is 79.1 Å². The first-order chi connectivity index (χ1) is 8.59. The highest BCUT2D eigenvalue weighted by atomic mass is 15.3. The van der Waals surface area contributed by atoms with E-state index in [9.17, 15) is 0 Å². The number of hydrogen-bond donors (Lipinski definition) is 1. The molecule has 0 spiro atoms. The molecule has 18 heavy (non-hydrogen) atoms. The highest BCUT2D eigenvalue weighted by Gasteiger charge is 2.40. The molecule has 1 heterocycles. The Labute approximate surface area is 114 Å². The highest BCUT2D eigenvalue weighted by Crippen LogP contribution is 2.35. The van der Waals surface area contributed by atoms with E-state index in [1.807, 2.05) is 0 Å². The Morgan fingerprint density at radius 2 is 1.89 bits per heavy atom. The summed E-state index contributed by atoms with van der Waals surface area (Å²) in [6.45, 7) is 10.2. The minimum absolute atomic E-state index is 0.227. The van der Waals surface area contributed by atoms with Gasteiger partial charge in [-0.05, 0) is 39.5 Å². The molecule has 2 heteroatoms. The van der Waals surface area contributed by atoms with Crippen LogP contribution in [0.2, 0.25) is 0 Å². The van der Waals surface area contributed by atoms with E-state index in [-0.39, 0.29) is 5.54 Å². The van der Waals surface area contributed by atoms with E-state index in [1.165, 1.54) is 51.4 Å². The van der Waals surface area contributed by atoms with Gasteiger partial charge in [0.05, 0.1) is 0 Å². The smallest absolute Gasteiger partial charge is 0.0309 e. The van der Waals surface area contributed by atoms with Crippen molar-refractivity contribution in [3.63, 3.8) is 0 Å². The van der Waals surface area contributed by atoms with Gasteiger partial charge in [0.1, 0.15) is 0 Å².